The number of halogens is 1. The van der Waals surface area contributed by atoms with E-state index in [-0.39, 0.29) is 0 Å². The fourth-order valence-electron chi connectivity index (χ4n) is 1.62. The van der Waals surface area contributed by atoms with Gasteiger partial charge in [-0.25, -0.2) is 0 Å². The van der Waals surface area contributed by atoms with Crippen LogP contribution < -0.4 is 11.1 Å². The van der Waals surface area contributed by atoms with Gasteiger partial charge >= 0.3 is 0 Å². The zero-order chi connectivity index (χ0) is 12.5. The van der Waals surface area contributed by atoms with Gasteiger partial charge in [-0.2, -0.15) is 11.8 Å². The van der Waals surface area contributed by atoms with Crippen molar-refractivity contribution in [2.75, 3.05) is 29.6 Å². The smallest absolute Gasteiger partial charge is 0.0477 e. The first-order valence-electron chi connectivity index (χ1n) is 6.02. The highest BCUT2D eigenvalue weighted by Crippen LogP contribution is 2.20. The molecule has 0 saturated carbocycles. The van der Waals surface area contributed by atoms with Crippen LogP contribution >= 0.6 is 34.4 Å². The number of hydrogen-bond donors (Lipinski definition) is 2. The Balaban J connectivity index is 2.14. The molecule has 0 amide bonds. The number of benzene rings is 1. The normalized spacial score (nSPS) is 10.5. The van der Waals surface area contributed by atoms with E-state index in [1.54, 1.807) is 0 Å². The molecule has 0 aliphatic heterocycles. The Hall–Kier alpha value is -0.100. The van der Waals surface area contributed by atoms with Crippen molar-refractivity contribution in [3.05, 3.63) is 21.8 Å². The molecule has 1 rings (SSSR count). The van der Waals surface area contributed by atoms with Crippen molar-refractivity contribution in [2.45, 2.75) is 25.7 Å². The van der Waals surface area contributed by atoms with Gasteiger partial charge in [0, 0.05) is 21.5 Å². The van der Waals surface area contributed by atoms with Crippen molar-refractivity contribution in [3.63, 3.8) is 0 Å². The molecule has 0 radical (unpaired) electrons. The first-order chi connectivity index (χ1) is 8.24. The Bertz CT molecular complexity index is 331. The van der Waals surface area contributed by atoms with E-state index in [1.165, 1.54) is 40.7 Å². The van der Waals surface area contributed by atoms with Crippen LogP contribution in [0.15, 0.2) is 18.2 Å². The molecule has 1 aromatic carbocycles. The lowest BCUT2D eigenvalue weighted by Crippen LogP contribution is -2.03. The highest BCUT2D eigenvalue weighted by molar-refractivity contribution is 14.1. The Morgan fingerprint density at radius 3 is 2.71 bits per heavy atom. The molecule has 0 heterocycles. The topological polar surface area (TPSA) is 38.0 Å². The minimum absolute atomic E-state index is 0.831. The van der Waals surface area contributed by atoms with Gasteiger partial charge in [-0.15, -0.1) is 0 Å². The average Bonchev–Trinajstić information content (AvgIpc) is 2.30. The van der Waals surface area contributed by atoms with Gasteiger partial charge in [-0.1, -0.05) is 12.8 Å². The fraction of sp³-hybridized carbons (Fsp3) is 0.538. The summed E-state index contributed by atoms with van der Waals surface area (Å²) in [6.45, 7) is 1.05. The molecular weight excluding hydrogens is 343 g/mol. The molecular formula is C13H21IN2S. The van der Waals surface area contributed by atoms with E-state index in [9.17, 15) is 0 Å². The Kier molecular flexibility index (Phi) is 7.84. The molecule has 0 atom stereocenters. The van der Waals surface area contributed by atoms with Crippen molar-refractivity contribution in [1.82, 2.24) is 0 Å². The van der Waals surface area contributed by atoms with Crippen LogP contribution in [-0.4, -0.2) is 18.6 Å². The summed E-state index contributed by atoms with van der Waals surface area (Å²) in [5.41, 5.74) is 7.74. The third kappa shape index (κ3) is 6.41. The van der Waals surface area contributed by atoms with Gasteiger partial charge in [0.15, 0.2) is 0 Å². The van der Waals surface area contributed by atoms with Crippen LogP contribution in [-0.2, 0) is 0 Å². The molecule has 4 heteroatoms. The van der Waals surface area contributed by atoms with Gasteiger partial charge < -0.3 is 11.1 Å². The van der Waals surface area contributed by atoms with E-state index in [0.717, 1.165) is 12.2 Å². The SMILES string of the molecule is CSCCCCCCNc1ccc(N)cc1I. The third-order valence-corrected chi connectivity index (χ3v) is 4.17. The molecule has 1 aromatic rings. The summed E-state index contributed by atoms with van der Waals surface area (Å²) >= 11 is 4.26. The highest BCUT2D eigenvalue weighted by atomic mass is 127. The van der Waals surface area contributed by atoms with E-state index in [0.29, 0.717) is 0 Å². The summed E-state index contributed by atoms with van der Waals surface area (Å²) in [5.74, 6) is 1.29. The number of unbranched alkanes of at least 4 members (excludes halogenated alkanes) is 3. The first-order valence-corrected chi connectivity index (χ1v) is 8.49. The standard InChI is InChI=1S/C13H21IN2S/c1-17-9-5-3-2-4-8-16-13-7-6-11(15)10-12(13)14/h6-7,10,16H,2-5,8-9,15H2,1H3. The molecule has 0 spiro atoms. The van der Waals surface area contributed by atoms with E-state index in [1.807, 2.05) is 23.9 Å². The largest absolute Gasteiger partial charge is 0.399 e. The van der Waals surface area contributed by atoms with Crippen molar-refractivity contribution in [1.29, 1.82) is 0 Å². The van der Waals surface area contributed by atoms with Crippen LogP contribution in [0.5, 0.6) is 0 Å². The predicted molar refractivity (Wildman–Crippen MR) is 88.9 cm³/mol. The van der Waals surface area contributed by atoms with Gasteiger partial charge in [0.25, 0.3) is 0 Å². The van der Waals surface area contributed by atoms with E-state index >= 15 is 0 Å². The van der Waals surface area contributed by atoms with Gasteiger partial charge in [0.1, 0.15) is 0 Å². The molecule has 0 unspecified atom stereocenters. The number of thioether (sulfide) groups is 1. The van der Waals surface area contributed by atoms with Crippen LogP contribution in [0.3, 0.4) is 0 Å². The predicted octanol–water partition coefficient (Wildman–Crippen LogP) is 4.21. The van der Waals surface area contributed by atoms with Crippen molar-refractivity contribution in [2.24, 2.45) is 0 Å². The van der Waals surface area contributed by atoms with Gasteiger partial charge in [0.05, 0.1) is 0 Å². The summed E-state index contributed by atoms with van der Waals surface area (Å²) in [6.07, 6.45) is 7.43. The summed E-state index contributed by atoms with van der Waals surface area (Å²) in [6, 6.07) is 6.01. The number of nitrogens with two attached hydrogens (primary N) is 1. The van der Waals surface area contributed by atoms with E-state index in [2.05, 4.69) is 40.2 Å². The van der Waals surface area contributed by atoms with Crippen LogP contribution in [0.25, 0.3) is 0 Å². The van der Waals surface area contributed by atoms with Crippen LogP contribution in [0.2, 0.25) is 0 Å². The molecule has 0 aliphatic carbocycles. The summed E-state index contributed by atoms with van der Waals surface area (Å²) in [5, 5.41) is 3.46. The van der Waals surface area contributed by atoms with Crippen LogP contribution in [0.4, 0.5) is 11.4 Å². The summed E-state index contributed by atoms with van der Waals surface area (Å²) < 4.78 is 1.20. The quantitative estimate of drug-likeness (QED) is 0.412. The third-order valence-electron chi connectivity index (χ3n) is 2.58. The maximum Gasteiger partial charge on any atom is 0.0477 e. The second kappa shape index (κ2) is 8.91. The molecule has 0 bridgehead atoms. The highest BCUT2D eigenvalue weighted by Gasteiger charge is 1.98. The van der Waals surface area contributed by atoms with E-state index in [4.69, 9.17) is 5.73 Å². The molecule has 2 nitrogen and oxygen atoms in total. The zero-order valence-corrected chi connectivity index (χ0v) is 13.3. The van der Waals surface area contributed by atoms with Crippen LogP contribution in [0, 0.1) is 3.57 Å². The van der Waals surface area contributed by atoms with Gasteiger partial charge in [0.2, 0.25) is 0 Å². The molecule has 0 fully saturated rings. The monoisotopic (exact) mass is 364 g/mol. The van der Waals surface area contributed by atoms with Crippen molar-refractivity contribution < 1.29 is 0 Å². The lowest BCUT2D eigenvalue weighted by Gasteiger charge is -2.09. The summed E-state index contributed by atoms with van der Waals surface area (Å²) in [4.78, 5) is 0. The second-order valence-corrected chi connectivity index (χ2v) is 6.22. The van der Waals surface area contributed by atoms with Crippen LogP contribution in [0.1, 0.15) is 25.7 Å². The van der Waals surface area contributed by atoms with Crippen molar-refractivity contribution in [3.8, 4) is 0 Å². The fourth-order valence-corrected chi connectivity index (χ4v) is 2.85. The number of anilines is 2. The van der Waals surface area contributed by atoms with Crippen molar-refractivity contribution >= 4 is 45.7 Å². The van der Waals surface area contributed by atoms with E-state index < -0.39 is 0 Å². The molecule has 0 aromatic heterocycles. The lowest BCUT2D eigenvalue weighted by atomic mass is 10.2. The van der Waals surface area contributed by atoms with Gasteiger partial charge in [-0.3, -0.25) is 0 Å². The first kappa shape index (κ1) is 15.0. The zero-order valence-electron chi connectivity index (χ0n) is 10.3. The van der Waals surface area contributed by atoms with Gasteiger partial charge in [-0.05, 0) is 65.6 Å². The minimum Gasteiger partial charge on any atom is -0.399 e. The molecule has 17 heavy (non-hydrogen) atoms. The molecule has 0 aliphatic rings. The number of nitrogens with one attached hydrogen (secondary N) is 1. The number of hydrogen-bond acceptors (Lipinski definition) is 3. The minimum atomic E-state index is 0.831. The number of nitrogen functional groups attached to an aromatic ring is 1. The lowest BCUT2D eigenvalue weighted by molar-refractivity contribution is 0.689. The Labute approximate surface area is 122 Å². The average molecular weight is 364 g/mol. The summed E-state index contributed by atoms with van der Waals surface area (Å²) in [7, 11) is 0. The second-order valence-electron chi connectivity index (χ2n) is 4.07. The maximum atomic E-state index is 5.72. The molecule has 3 N–H and O–H groups in total. The molecule has 96 valence electrons. The maximum absolute atomic E-state index is 5.72. The Morgan fingerprint density at radius 1 is 1.24 bits per heavy atom. The Morgan fingerprint density at radius 2 is 2.00 bits per heavy atom. The number of rotatable bonds is 8. The molecule has 0 saturated heterocycles.